The van der Waals surface area contributed by atoms with E-state index in [1.807, 2.05) is 24.3 Å². The highest BCUT2D eigenvalue weighted by Gasteiger charge is 2.31. The normalized spacial score (nSPS) is 18.2. The molecule has 1 amide bonds. The van der Waals surface area contributed by atoms with E-state index in [1.165, 1.54) is 0 Å². The van der Waals surface area contributed by atoms with Gasteiger partial charge in [0, 0.05) is 17.4 Å². The molecular weight excluding hydrogens is 232 g/mol. The van der Waals surface area contributed by atoms with Crippen molar-refractivity contribution < 1.29 is 14.7 Å². The molecule has 3 rings (SSSR count). The fraction of sp³-hybridized carbons (Fsp3) is 0.154. The number of benzene rings is 1. The fourth-order valence-electron chi connectivity index (χ4n) is 2.20. The maximum atomic E-state index is 11.5. The Morgan fingerprint density at radius 2 is 2.17 bits per heavy atom. The van der Waals surface area contributed by atoms with Crippen molar-refractivity contribution in [3.05, 3.63) is 35.9 Å². The van der Waals surface area contributed by atoms with Gasteiger partial charge in [-0.05, 0) is 12.1 Å². The predicted molar refractivity (Wildman–Crippen MR) is 65.4 cm³/mol. The Morgan fingerprint density at radius 1 is 1.39 bits per heavy atom. The van der Waals surface area contributed by atoms with Gasteiger partial charge < -0.3 is 10.4 Å². The van der Waals surface area contributed by atoms with Crippen molar-refractivity contribution in [2.75, 3.05) is 5.32 Å². The molecule has 1 aliphatic heterocycles. The van der Waals surface area contributed by atoms with Crippen molar-refractivity contribution in [1.29, 1.82) is 0 Å². The summed E-state index contributed by atoms with van der Waals surface area (Å²) in [6.45, 7) is 0. The number of aliphatic carboxylic acids is 1. The molecule has 0 saturated heterocycles. The maximum absolute atomic E-state index is 11.5. The van der Waals surface area contributed by atoms with E-state index in [9.17, 15) is 9.59 Å². The van der Waals surface area contributed by atoms with Crippen molar-refractivity contribution in [2.24, 2.45) is 0 Å². The number of hydrogen-bond donors (Lipinski definition) is 2. The molecule has 90 valence electrons. The number of fused-ring (bicyclic) bond motifs is 2. The van der Waals surface area contributed by atoms with Crippen molar-refractivity contribution >= 4 is 28.6 Å². The van der Waals surface area contributed by atoms with Gasteiger partial charge >= 0.3 is 5.97 Å². The lowest BCUT2D eigenvalue weighted by atomic mass is 9.92. The van der Waals surface area contributed by atoms with Gasteiger partial charge in [-0.1, -0.05) is 18.2 Å². The van der Waals surface area contributed by atoms with Gasteiger partial charge in [-0.2, -0.15) is 0 Å². The molecule has 0 aliphatic carbocycles. The van der Waals surface area contributed by atoms with E-state index in [0.717, 1.165) is 10.9 Å². The Kier molecular flexibility index (Phi) is 2.26. The van der Waals surface area contributed by atoms with Gasteiger partial charge in [0.25, 0.3) is 0 Å². The van der Waals surface area contributed by atoms with Crippen molar-refractivity contribution in [3.8, 4) is 0 Å². The third-order valence-electron chi connectivity index (χ3n) is 3.07. The van der Waals surface area contributed by atoms with E-state index >= 15 is 0 Å². The van der Waals surface area contributed by atoms with Gasteiger partial charge in [-0.15, -0.1) is 0 Å². The molecule has 0 bridgehead atoms. The SMILES string of the molecule is O=C1CC(C(=O)O)c2cc3ccccc3nc2N1. The summed E-state index contributed by atoms with van der Waals surface area (Å²) in [5.74, 6) is -1.76. The van der Waals surface area contributed by atoms with Gasteiger partial charge in [-0.3, -0.25) is 9.59 Å². The highest BCUT2D eigenvalue weighted by molar-refractivity contribution is 6.00. The van der Waals surface area contributed by atoms with Crippen LogP contribution in [-0.4, -0.2) is 22.0 Å². The lowest BCUT2D eigenvalue weighted by Crippen LogP contribution is -2.28. The van der Waals surface area contributed by atoms with Crippen molar-refractivity contribution in [3.63, 3.8) is 0 Å². The minimum Gasteiger partial charge on any atom is -0.481 e. The maximum Gasteiger partial charge on any atom is 0.311 e. The average molecular weight is 242 g/mol. The summed E-state index contributed by atoms with van der Waals surface area (Å²) in [4.78, 5) is 27.0. The predicted octanol–water partition coefficient (Wildman–Crippen LogP) is 1.75. The van der Waals surface area contributed by atoms with E-state index in [-0.39, 0.29) is 12.3 Å². The highest BCUT2D eigenvalue weighted by Crippen LogP contribution is 2.33. The number of anilines is 1. The van der Waals surface area contributed by atoms with Crippen LogP contribution in [0.25, 0.3) is 10.9 Å². The summed E-state index contributed by atoms with van der Waals surface area (Å²) < 4.78 is 0. The summed E-state index contributed by atoms with van der Waals surface area (Å²) in [6.07, 6.45) is -0.0393. The molecule has 1 aromatic carbocycles. The second-order valence-corrected chi connectivity index (χ2v) is 4.26. The number of pyridine rings is 1. The Balaban J connectivity index is 2.24. The minimum atomic E-state index is -0.997. The van der Waals surface area contributed by atoms with Gasteiger partial charge in [0.2, 0.25) is 5.91 Å². The second kappa shape index (κ2) is 3.80. The number of carbonyl (C=O) groups is 2. The van der Waals surface area contributed by atoms with Crippen LogP contribution in [0.15, 0.2) is 30.3 Å². The number of carbonyl (C=O) groups excluding carboxylic acids is 1. The summed E-state index contributed by atoms with van der Waals surface area (Å²) in [7, 11) is 0. The molecule has 1 unspecified atom stereocenters. The van der Waals surface area contributed by atoms with Crippen LogP contribution in [0.2, 0.25) is 0 Å². The number of hydrogen-bond acceptors (Lipinski definition) is 3. The van der Waals surface area contributed by atoms with Crippen molar-refractivity contribution in [1.82, 2.24) is 4.98 Å². The molecule has 2 heterocycles. The molecule has 1 aromatic heterocycles. The molecule has 18 heavy (non-hydrogen) atoms. The summed E-state index contributed by atoms with van der Waals surface area (Å²) in [5, 5.41) is 12.7. The molecule has 1 aliphatic rings. The largest absolute Gasteiger partial charge is 0.481 e. The average Bonchev–Trinajstić information content (AvgIpc) is 2.35. The molecule has 0 fully saturated rings. The number of carboxylic acids is 1. The standard InChI is InChI=1S/C13H10N2O3/c16-11-6-9(13(17)18)8-5-7-3-1-2-4-10(7)14-12(8)15-11/h1-5,9H,6H2,(H,17,18)(H,14,15,16). The van der Waals surface area contributed by atoms with Gasteiger partial charge in [-0.25, -0.2) is 4.98 Å². The first-order valence-electron chi connectivity index (χ1n) is 5.57. The molecule has 0 spiro atoms. The molecule has 5 heteroatoms. The van der Waals surface area contributed by atoms with Crippen LogP contribution in [0, 0.1) is 0 Å². The Labute approximate surface area is 102 Å². The lowest BCUT2D eigenvalue weighted by molar-refractivity contribution is -0.140. The third kappa shape index (κ3) is 1.60. The quantitative estimate of drug-likeness (QED) is 0.798. The second-order valence-electron chi connectivity index (χ2n) is 4.26. The minimum absolute atomic E-state index is 0.0393. The van der Waals surface area contributed by atoms with Crippen LogP contribution in [0.3, 0.4) is 0 Å². The fourth-order valence-corrected chi connectivity index (χ4v) is 2.20. The summed E-state index contributed by atoms with van der Waals surface area (Å²) in [5.41, 5.74) is 1.31. The van der Waals surface area contributed by atoms with Crippen LogP contribution in [0.4, 0.5) is 5.82 Å². The van der Waals surface area contributed by atoms with E-state index < -0.39 is 11.9 Å². The molecule has 2 aromatic rings. The Bertz CT molecular complexity index is 666. The number of rotatable bonds is 1. The van der Waals surface area contributed by atoms with E-state index in [4.69, 9.17) is 5.11 Å². The Hall–Kier alpha value is -2.43. The zero-order valence-corrected chi connectivity index (χ0v) is 9.38. The lowest BCUT2D eigenvalue weighted by Gasteiger charge is -2.22. The molecule has 1 atom stereocenters. The molecule has 0 radical (unpaired) electrons. The van der Waals surface area contributed by atoms with E-state index in [0.29, 0.717) is 11.4 Å². The van der Waals surface area contributed by atoms with Crippen molar-refractivity contribution in [2.45, 2.75) is 12.3 Å². The van der Waals surface area contributed by atoms with Crippen LogP contribution in [0.1, 0.15) is 17.9 Å². The third-order valence-corrected chi connectivity index (χ3v) is 3.07. The number of aromatic nitrogens is 1. The van der Waals surface area contributed by atoms with Gasteiger partial charge in [0.1, 0.15) is 5.82 Å². The van der Waals surface area contributed by atoms with Crippen LogP contribution in [-0.2, 0) is 9.59 Å². The number of carboxylic acid groups (broad SMARTS) is 1. The first-order chi connectivity index (χ1) is 8.65. The molecule has 0 saturated carbocycles. The number of nitrogens with zero attached hydrogens (tertiary/aromatic N) is 1. The van der Waals surface area contributed by atoms with Crippen LogP contribution >= 0.6 is 0 Å². The van der Waals surface area contributed by atoms with Gasteiger partial charge in [0.05, 0.1) is 11.4 Å². The first kappa shape index (κ1) is 10.7. The topological polar surface area (TPSA) is 79.3 Å². The molecular formula is C13H10N2O3. The Morgan fingerprint density at radius 3 is 2.94 bits per heavy atom. The van der Waals surface area contributed by atoms with Crippen LogP contribution < -0.4 is 5.32 Å². The highest BCUT2D eigenvalue weighted by atomic mass is 16.4. The van der Waals surface area contributed by atoms with E-state index in [2.05, 4.69) is 10.3 Å². The zero-order chi connectivity index (χ0) is 12.7. The number of para-hydroxylation sites is 1. The van der Waals surface area contributed by atoms with E-state index in [1.54, 1.807) is 6.07 Å². The monoisotopic (exact) mass is 242 g/mol. The first-order valence-corrected chi connectivity index (χ1v) is 5.57. The van der Waals surface area contributed by atoms with Gasteiger partial charge in [0.15, 0.2) is 0 Å². The van der Waals surface area contributed by atoms with Crippen LogP contribution in [0.5, 0.6) is 0 Å². The molecule has 5 nitrogen and oxygen atoms in total. The summed E-state index contributed by atoms with van der Waals surface area (Å²) in [6, 6.07) is 9.20. The number of amides is 1. The zero-order valence-electron chi connectivity index (χ0n) is 9.38. The summed E-state index contributed by atoms with van der Waals surface area (Å²) >= 11 is 0. The molecule has 2 N–H and O–H groups in total. The smallest absolute Gasteiger partial charge is 0.311 e. The number of nitrogens with one attached hydrogen (secondary N) is 1.